The van der Waals surface area contributed by atoms with Crippen LogP contribution in [0, 0.1) is 0 Å². The summed E-state index contributed by atoms with van der Waals surface area (Å²) in [7, 11) is 0. The molecule has 0 aliphatic carbocycles. The number of aromatic nitrogens is 1. The molecule has 0 aliphatic rings. The van der Waals surface area contributed by atoms with Gasteiger partial charge >= 0.3 is 0 Å². The molecule has 48 heavy (non-hydrogen) atoms. The van der Waals surface area contributed by atoms with E-state index in [0.717, 1.165) is 88.7 Å². The Bertz CT molecular complexity index is 2790. The van der Waals surface area contributed by atoms with Crippen molar-refractivity contribution in [2.45, 2.75) is 0 Å². The van der Waals surface area contributed by atoms with E-state index in [2.05, 4.69) is 89.8 Å². The number of fused-ring (bicyclic) bond motifs is 7. The van der Waals surface area contributed by atoms with Crippen molar-refractivity contribution in [3.8, 4) is 22.6 Å². The molecule has 10 rings (SSSR count). The van der Waals surface area contributed by atoms with Crippen LogP contribution in [0.3, 0.4) is 0 Å². The van der Waals surface area contributed by atoms with Gasteiger partial charge in [0, 0.05) is 55.8 Å². The molecule has 0 saturated carbocycles. The van der Waals surface area contributed by atoms with Crippen molar-refractivity contribution in [1.82, 2.24) is 4.98 Å². The third-order valence-electron chi connectivity index (χ3n) is 9.12. The van der Waals surface area contributed by atoms with Crippen molar-refractivity contribution in [3.63, 3.8) is 0 Å². The highest BCUT2D eigenvalue weighted by Crippen LogP contribution is 2.41. The SMILES string of the molecule is c1ccc(N(c2ccc(-c3cccc4nc(-c5cccc6oc7ccccc7c56)oc34)cc2)c2ccc3c(c2)oc2ccccc23)cc1. The van der Waals surface area contributed by atoms with E-state index in [9.17, 15) is 0 Å². The summed E-state index contributed by atoms with van der Waals surface area (Å²) >= 11 is 0. The zero-order chi connectivity index (χ0) is 31.6. The largest absolute Gasteiger partial charge is 0.456 e. The fraction of sp³-hybridized carbons (Fsp3) is 0. The van der Waals surface area contributed by atoms with Crippen molar-refractivity contribution in [3.05, 3.63) is 158 Å². The highest BCUT2D eigenvalue weighted by atomic mass is 16.4. The normalized spacial score (nSPS) is 11.8. The van der Waals surface area contributed by atoms with E-state index in [1.807, 2.05) is 72.8 Å². The molecular weight excluding hydrogens is 592 g/mol. The van der Waals surface area contributed by atoms with Crippen LogP contribution in [0.5, 0.6) is 0 Å². The predicted molar refractivity (Wildman–Crippen MR) is 194 cm³/mol. The van der Waals surface area contributed by atoms with E-state index in [1.165, 1.54) is 0 Å². The molecule has 0 saturated heterocycles. The Morgan fingerprint density at radius 3 is 1.90 bits per heavy atom. The molecule has 3 heterocycles. The number of furan rings is 2. The van der Waals surface area contributed by atoms with E-state index in [1.54, 1.807) is 0 Å². The van der Waals surface area contributed by atoms with Gasteiger partial charge in [0.25, 0.3) is 0 Å². The average molecular weight is 619 g/mol. The summed E-state index contributed by atoms with van der Waals surface area (Å²) in [4.78, 5) is 7.20. The van der Waals surface area contributed by atoms with E-state index >= 15 is 0 Å². The Hall–Kier alpha value is -6.59. The maximum Gasteiger partial charge on any atom is 0.228 e. The Balaban J connectivity index is 1.06. The van der Waals surface area contributed by atoms with Gasteiger partial charge < -0.3 is 18.2 Å². The number of anilines is 3. The first-order chi connectivity index (χ1) is 23.8. The average Bonchev–Trinajstić information content (AvgIpc) is 3.85. The first kappa shape index (κ1) is 26.6. The van der Waals surface area contributed by atoms with Gasteiger partial charge in [-0.3, -0.25) is 0 Å². The fourth-order valence-electron chi connectivity index (χ4n) is 6.91. The van der Waals surface area contributed by atoms with Crippen molar-refractivity contribution in [2.75, 3.05) is 4.90 Å². The zero-order valence-electron chi connectivity index (χ0n) is 25.6. The lowest BCUT2D eigenvalue weighted by molar-refractivity contribution is 0.621. The molecule has 7 aromatic carbocycles. The number of benzene rings is 7. The maximum atomic E-state index is 6.57. The van der Waals surface area contributed by atoms with Crippen LogP contribution in [0.25, 0.3) is 77.6 Å². The fourth-order valence-corrected chi connectivity index (χ4v) is 6.91. The second-order valence-electron chi connectivity index (χ2n) is 11.9. The maximum absolute atomic E-state index is 6.57. The molecule has 0 amide bonds. The minimum Gasteiger partial charge on any atom is -0.456 e. The number of hydrogen-bond donors (Lipinski definition) is 0. The zero-order valence-corrected chi connectivity index (χ0v) is 25.6. The van der Waals surface area contributed by atoms with Gasteiger partial charge in [-0.1, -0.05) is 84.9 Å². The van der Waals surface area contributed by atoms with Gasteiger partial charge in [0.1, 0.15) is 27.8 Å². The monoisotopic (exact) mass is 618 g/mol. The van der Waals surface area contributed by atoms with Crippen LogP contribution in [0.4, 0.5) is 17.1 Å². The Morgan fingerprint density at radius 1 is 0.417 bits per heavy atom. The first-order valence-corrected chi connectivity index (χ1v) is 16.0. The van der Waals surface area contributed by atoms with Gasteiger partial charge in [0.05, 0.1) is 0 Å². The molecule has 5 heteroatoms. The number of rotatable bonds is 5. The van der Waals surface area contributed by atoms with Crippen LogP contribution in [0.1, 0.15) is 0 Å². The minimum absolute atomic E-state index is 0.572. The molecule has 0 spiro atoms. The van der Waals surface area contributed by atoms with Crippen molar-refractivity contribution in [2.24, 2.45) is 0 Å². The van der Waals surface area contributed by atoms with E-state index in [4.69, 9.17) is 18.2 Å². The van der Waals surface area contributed by atoms with E-state index in [0.29, 0.717) is 5.89 Å². The predicted octanol–water partition coefficient (Wildman–Crippen LogP) is 12.4. The quantitative estimate of drug-likeness (QED) is 0.192. The minimum atomic E-state index is 0.572. The van der Waals surface area contributed by atoms with Gasteiger partial charge in [0.2, 0.25) is 5.89 Å². The molecule has 226 valence electrons. The standard InChI is InChI=1S/C43H26N2O3/c1-2-10-28(11-3-1)45(30-24-25-33-32-12-4-6-17-37(32)47-40(33)26-30)29-22-20-27(21-23-29)31-14-8-16-36-42(31)48-43(44-36)35-15-9-19-39-41(35)34-13-5-7-18-38(34)46-39/h1-26H. The van der Waals surface area contributed by atoms with Crippen molar-refractivity contribution >= 4 is 72.0 Å². The molecule has 0 radical (unpaired) electrons. The van der Waals surface area contributed by atoms with Crippen LogP contribution in [-0.2, 0) is 0 Å². The summed E-state index contributed by atoms with van der Waals surface area (Å²) in [5.74, 6) is 0.572. The summed E-state index contributed by atoms with van der Waals surface area (Å²) in [6, 6.07) is 53.8. The third-order valence-corrected chi connectivity index (χ3v) is 9.12. The lowest BCUT2D eigenvalue weighted by Crippen LogP contribution is -2.09. The lowest BCUT2D eigenvalue weighted by Gasteiger charge is -2.25. The Kier molecular flexibility index (Phi) is 5.81. The number of hydrogen-bond acceptors (Lipinski definition) is 5. The summed E-state index contributed by atoms with van der Waals surface area (Å²) in [5, 5.41) is 4.28. The number of para-hydroxylation sites is 4. The molecular formula is C43H26N2O3. The topological polar surface area (TPSA) is 55.6 Å². The lowest BCUT2D eigenvalue weighted by atomic mass is 10.0. The number of nitrogens with zero attached hydrogens (tertiary/aromatic N) is 2. The third kappa shape index (κ3) is 4.15. The summed E-state index contributed by atoms with van der Waals surface area (Å²) < 4.78 is 19.0. The Morgan fingerprint density at radius 2 is 1.04 bits per heavy atom. The smallest absolute Gasteiger partial charge is 0.228 e. The van der Waals surface area contributed by atoms with Gasteiger partial charge in [-0.25, -0.2) is 4.98 Å². The van der Waals surface area contributed by atoms with Crippen LogP contribution >= 0.6 is 0 Å². The summed E-state index contributed by atoms with van der Waals surface area (Å²) in [6.45, 7) is 0. The van der Waals surface area contributed by atoms with E-state index in [-0.39, 0.29) is 0 Å². The summed E-state index contributed by atoms with van der Waals surface area (Å²) in [5.41, 5.74) is 11.0. The van der Waals surface area contributed by atoms with Crippen LogP contribution in [0.15, 0.2) is 171 Å². The molecule has 3 aromatic heterocycles. The molecule has 0 fully saturated rings. The molecule has 0 bridgehead atoms. The second kappa shape index (κ2) is 10.5. The van der Waals surface area contributed by atoms with Crippen LogP contribution < -0.4 is 4.90 Å². The molecule has 10 aromatic rings. The molecule has 0 aliphatic heterocycles. The van der Waals surface area contributed by atoms with Gasteiger partial charge in [-0.15, -0.1) is 0 Å². The van der Waals surface area contributed by atoms with Crippen LogP contribution in [-0.4, -0.2) is 4.98 Å². The van der Waals surface area contributed by atoms with Gasteiger partial charge in [0.15, 0.2) is 5.58 Å². The van der Waals surface area contributed by atoms with Gasteiger partial charge in [-0.2, -0.15) is 0 Å². The van der Waals surface area contributed by atoms with Crippen LogP contribution in [0.2, 0.25) is 0 Å². The van der Waals surface area contributed by atoms with E-state index < -0.39 is 0 Å². The highest BCUT2D eigenvalue weighted by molar-refractivity contribution is 6.12. The van der Waals surface area contributed by atoms with Crippen molar-refractivity contribution in [1.29, 1.82) is 0 Å². The molecule has 0 N–H and O–H groups in total. The molecule has 0 unspecified atom stereocenters. The second-order valence-corrected chi connectivity index (χ2v) is 11.9. The molecule has 0 atom stereocenters. The first-order valence-electron chi connectivity index (χ1n) is 16.0. The van der Waals surface area contributed by atoms with Crippen molar-refractivity contribution < 1.29 is 13.3 Å². The van der Waals surface area contributed by atoms with Gasteiger partial charge in [-0.05, 0) is 72.3 Å². The number of oxazole rings is 1. The Labute approximate surface area is 274 Å². The summed E-state index contributed by atoms with van der Waals surface area (Å²) in [6.07, 6.45) is 0. The highest BCUT2D eigenvalue weighted by Gasteiger charge is 2.19. The molecule has 5 nitrogen and oxygen atoms in total.